The van der Waals surface area contributed by atoms with Gasteiger partial charge >= 0.3 is 0 Å². The van der Waals surface area contributed by atoms with Crippen LogP contribution >= 0.6 is 11.6 Å². The second-order valence-electron chi connectivity index (χ2n) is 6.23. The average Bonchev–Trinajstić information content (AvgIpc) is 2.75. The van der Waals surface area contributed by atoms with Crippen molar-refractivity contribution in [2.24, 2.45) is 5.10 Å². The van der Waals surface area contributed by atoms with Crippen molar-refractivity contribution in [3.05, 3.63) is 94.3 Å². The van der Waals surface area contributed by atoms with Gasteiger partial charge in [-0.2, -0.15) is 5.10 Å². The number of hydrogen-bond donors (Lipinski definition) is 1. The molecule has 0 saturated heterocycles. The van der Waals surface area contributed by atoms with Crippen LogP contribution in [0.2, 0.25) is 5.02 Å². The van der Waals surface area contributed by atoms with Gasteiger partial charge in [0.15, 0.2) is 11.5 Å². The molecule has 0 aliphatic rings. The third-order valence-electron chi connectivity index (χ3n) is 4.09. The Balaban J connectivity index is 1.66. The Morgan fingerprint density at radius 2 is 1.83 bits per heavy atom. The van der Waals surface area contributed by atoms with Gasteiger partial charge in [0, 0.05) is 16.1 Å². The van der Waals surface area contributed by atoms with Crippen molar-refractivity contribution in [3.8, 4) is 11.5 Å². The van der Waals surface area contributed by atoms with Gasteiger partial charge < -0.3 is 9.47 Å². The van der Waals surface area contributed by atoms with E-state index in [0.717, 1.165) is 0 Å². The third kappa shape index (κ3) is 5.81. The Kier molecular flexibility index (Phi) is 7.40. The molecule has 3 rings (SSSR count). The van der Waals surface area contributed by atoms with Gasteiger partial charge in [-0.1, -0.05) is 29.8 Å². The Bertz CT molecular complexity index is 1040. The second kappa shape index (κ2) is 10.4. The summed E-state index contributed by atoms with van der Waals surface area (Å²) in [6.07, 6.45) is 1.50. The Morgan fingerprint density at radius 3 is 2.57 bits per heavy atom. The van der Waals surface area contributed by atoms with Gasteiger partial charge in [0.05, 0.1) is 12.8 Å². The van der Waals surface area contributed by atoms with Crippen molar-refractivity contribution >= 4 is 23.7 Å². The number of carbonyl (C=O) groups excluding carboxylic acids is 1. The molecule has 3 aromatic carbocycles. The molecule has 7 heteroatoms. The molecule has 154 valence electrons. The van der Waals surface area contributed by atoms with Crippen molar-refractivity contribution in [1.82, 2.24) is 5.43 Å². The predicted molar refractivity (Wildman–Crippen MR) is 115 cm³/mol. The molecule has 5 nitrogen and oxygen atoms in total. The lowest BCUT2D eigenvalue weighted by Gasteiger charge is -2.13. The quantitative estimate of drug-likeness (QED) is 0.397. The maximum Gasteiger partial charge on any atom is 0.271 e. The second-order valence-corrected chi connectivity index (χ2v) is 6.66. The van der Waals surface area contributed by atoms with Gasteiger partial charge in [-0.15, -0.1) is 0 Å². The van der Waals surface area contributed by atoms with Crippen LogP contribution in [-0.4, -0.2) is 18.7 Å². The summed E-state index contributed by atoms with van der Waals surface area (Å²) in [5, 5.41) is 4.52. The van der Waals surface area contributed by atoms with Crippen LogP contribution in [-0.2, 0) is 6.61 Å². The van der Waals surface area contributed by atoms with Crippen LogP contribution in [0.15, 0.2) is 71.8 Å². The molecule has 1 amide bonds. The molecule has 0 bridgehead atoms. The number of rotatable bonds is 8. The first-order valence-electron chi connectivity index (χ1n) is 9.29. The lowest BCUT2D eigenvalue weighted by Crippen LogP contribution is -2.17. The van der Waals surface area contributed by atoms with E-state index in [2.05, 4.69) is 10.5 Å². The van der Waals surface area contributed by atoms with Gasteiger partial charge in [-0.05, 0) is 61.0 Å². The summed E-state index contributed by atoms with van der Waals surface area (Å²) in [6, 6.07) is 18.1. The van der Waals surface area contributed by atoms with E-state index in [4.69, 9.17) is 21.1 Å². The molecule has 0 heterocycles. The van der Waals surface area contributed by atoms with Gasteiger partial charge in [0.25, 0.3) is 5.91 Å². The Labute approximate surface area is 179 Å². The van der Waals surface area contributed by atoms with E-state index in [0.29, 0.717) is 39.8 Å². The molecule has 0 aliphatic heterocycles. The maximum absolute atomic E-state index is 13.8. The number of ether oxygens (including phenoxy) is 2. The number of hydrogen-bond acceptors (Lipinski definition) is 4. The van der Waals surface area contributed by atoms with E-state index in [1.54, 1.807) is 60.7 Å². The van der Waals surface area contributed by atoms with Crippen LogP contribution in [0, 0.1) is 5.82 Å². The van der Waals surface area contributed by atoms with Crippen molar-refractivity contribution in [2.45, 2.75) is 13.5 Å². The van der Waals surface area contributed by atoms with E-state index in [1.807, 2.05) is 6.92 Å². The molecule has 0 aliphatic carbocycles. The molecular formula is C23H20ClFN2O3. The SMILES string of the molecule is CCOc1cc(/C=N/NC(=O)c2ccc(Cl)cc2)ccc1OCc1ccccc1F. The van der Waals surface area contributed by atoms with Crippen molar-refractivity contribution in [3.63, 3.8) is 0 Å². The molecule has 0 spiro atoms. The van der Waals surface area contributed by atoms with Crippen molar-refractivity contribution in [1.29, 1.82) is 0 Å². The fourth-order valence-corrected chi connectivity index (χ4v) is 2.72. The third-order valence-corrected chi connectivity index (χ3v) is 4.35. The highest BCUT2D eigenvalue weighted by molar-refractivity contribution is 6.30. The highest BCUT2D eigenvalue weighted by Gasteiger charge is 2.09. The predicted octanol–water partition coefficient (Wildman–Crippen LogP) is 5.22. The number of halogens is 2. The highest BCUT2D eigenvalue weighted by atomic mass is 35.5. The number of carbonyl (C=O) groups is 1. The minimum atomic E-state index is -0.349. The van der Waals surface area contributed by atoms with Gasteiger partial charge in [-0.25, -0.2) is 9.82 Å². The van der Waals surface area contributed by atoms with Gasteiger partial charge in [0.2, 0.25) is 0 Å². The Morgan fingerprint density at radius 1 is 1.07 bits per heavy atom. The Hall–Kier alpha value is -3.38. The summed E-state index contributed by atoms with van der Waals surface area (Å²) in [5.74, 6) is 0.317. The highest BCUT2D eigenvalue weighted by Crippen LogP contribution is 2.29. The lowest BCUT2D eigenvalue weighted by atomic mass is 10.2. The maximum atomic E-state index is 13.8. The van der Waals surface area contributed by atoms with E-state index in [9.17, 15) is 9.18 Å². The van der Waals surface area contributed by atoms with E-state index < -0.39 is 0 Å². The van der Waals surface area contributed by atoms with E-state index in [1.165, 1.54) is 12.3 Å². The minimum Gasteiger partial charge on any atom is -0.490 e. The van der Waals surface area contributed by atoms with Crippen LogP contribution in [0.3, 0.4) is 0 Å². The van der Waals surface area contributed by atoms with Crippen LogP contribution in [0.1, 0.15) is 28.4 Å². The molecule has 0 atom stereocenters. The van der Waals surface area contributed by atoms with Crippen LogP contribution in [0.25, 0.3) is 0 Å². The first kappa shape index (κ1) is 21.3. The molecule has 0 unspecified atom stereocenters. The number of benzene rings is 3. The normalized spacial score (nSPS) is 10.8. The largest absolute Gasteiger partial charge is 0.490 e. The fourth-order valence-electron chi connectivity index (χ4n) is 2.59. The summed E-state index contributed by atoms with van der Waals surface area (Å²) >= 11 is 5.82. The molecule has 3 aromatic rings. The van der Waals surface area contributed by atoms with E-state index in [-0.39, 0.29) is 18.3 Å². The zero-order valence-corrected chi connectivity index (χ0v) is 17.0. The van der Waals surface area contributed by atoms with Crippen molar-refractivity contribution < 1.29 is 18.7 Å². The fraction of sp³-hybridized carbons (Fsp3) is 0.130. The zero-order valence-electron chi connectivity index (χ0n) is 16.3. The molecular weight excluding hydrogens is 407 g/mol. The van der Waals surface area contributed by atoms with Crippen LogP contribution in [0.4, 0.5) is 4.39 Å². The smallest absolute Gasteiger partial charge is 0.271 e. The summed E-state index contributed by atoms with van der Waals surface area (Å²) in [7, 11) is 0. The summed E-state index contributed by atoms with van der Waals surface area (Å²) in [5.41, 5.74) is 4.06. The van der Waals surface area contributed by atoms with Crippen LogP contribution < -0.4 is 14.9 Å². The molecule has 0 fully saturated rings. The van der Waals surface area contributed by atoms with Gasteiger partial charge in [-0.3, -0.25) is 4.79 Å². The topological polar surface area (TPSA) is 59.9 Å². The number of nitrogens with zero attached hydrogens (tertiary/aromatic N) is 1. The molecule has 0 radical (unpaired) electrons. The molecule has 30 heavy (non-hydrogen) atoms. The molecule has 0 saturated carbocycles. The van der Waals surface area contributed by atoms with Crippen LogP contribution in [0.5, 0.6) is 11.5 Å². The molecule has 0 aromatic heterocycles. The molecule has 1 N–H and O–H groups in total. The number of amides is 1. The minimum absolute atomic E-state index is 0.0807. The summed E-state index contributed by atoms with van der Waals surface area (Å²) < 4.78 is 25.1. The number of nitrogens with one attached hydrogen (secondary N) is 1. The standard InChI is InChI=1S/C23H20ClFN2O3/c1-2-29-22-13-16(14-26-27-23(28)17-8-10-19(24)11-9-17)7-12-21(22)30-15-18-5-3-4-6-20(18)25/h3-14H,2,15H2,1H3,(H,27,28)/b26-14+. The summed E-state index contributed by atoms with van der Waals surface area (Å²) in [6.45, 7) is 2.37. The zero-order chi connectivity index (χ0) is 21.3. The van der Waals surface area contributed by atoms with Crippen molar-refractivity contribution in [2.75, 3.05) is 6.61 Å². The lowest BCUT2D eigenvalue weighted by molar-refractivity contribution is 0.0955. The first-order chi connectivity index (χ1) is 14.6. The summed E-state index contributed by atoms with van der Waals surface area (Å²) in [4.78, 5) is 12.1. The van der Waals surface area contributed by atoms with Gasteiger partial charge in [0.1, 0.15) is 12.4 Å². The first-order valence-corrected chi connectivity index (χ1v) is 9.66. The van der Waals surface area contributed by atoms with E-state index >= 15 is 0 Å². The number of hydrazone groups is 1. The monoisotopic (exact) mass is 426 g/mol. The average molecular weight is 427 g/mol.